The first-order valence-electron chi connectivity index (χ1n) is 8.25. The Hall–Kier alpha value is -2.98. The highest BCUT2D eigenvalue weighted by Crippen LogP contribution is 2.18. The average molecular weight is 335 g/mol. The predicted molar refractivity (Wildman–Crippen MR) is 96.5 cm³/mol. The topological polar surface area (TPSA) is 48.4 Å². The van der Waals surface area contributed by atoms with E-state index in [1.165, 1.54) is 0 Å². The number of rotatable bonds is 6. The minimum atomic E-state index is -0.484. The van der Waals surface area contributed by atoms with Crippen molar-refractivity contribution >= 4 is 5.97 Å². The minimum absolute atomic E-state index is 0.208. The first-order chi connectivity index (χ1) is 12.1. The van der Waals surface area contributed by atoms with E-state index >= 15 is 0 Å². The van der Waals surface area contributed by atoms with Gasteiger partial charge in [0.2, 0.25) is 0 Å². The smallest absolute Gasteiger partial charge is 0.357 e. The predicted octanol–water partition coefficient (Wildman–Crippen LogP) is 3.62. The van der Waals surface area contributed by atoms with Crippen molar-refractivity contribution in [2.24, 2.45) is 0 Å². The third-order valence-corrected chi connectivity index (χ3v) is 3.44. The summed E-state index contributed by atoms with van der Waals surface area (Å²) in [6.07, 6.45) is 11.6. The number of esters is 1. The van der Waals surface area contributed by atoms with E-state index in [9.17, 15) is 4.79 Å². The molecule has 0 amide bonds. The molecular formula is C21H21NO3. The Labute approximate surface area is 148 Å². The number of aromatic nitrogens is 1. The number of carbonyl (C=O) groups is 1. The van der Waals surface area contributed by atoms with Crippen LogP contribution in [0.4, 0.5) is 0 Å². The summed E-state index contributed by atoms with van der Waals surface area (Å²) in [6.45, 7) is 4.30. The molecule has 2 rings (SSSR count). The van der Waals surface area contributed by atoms with E-state index in [2.05, 4.69) is 22.7 Å². The zero-order valence-electron chi connectivity index (χ0n) is 14.5. The zero-order valence-corrected chi connectivity index (χ0v) is 14.5. The summed E-state index contributed by atoms with van der Waals surface area (Å²) in [5.41, 5.74) is 0.944. The van der Waals surface area contributed by atoms with Gasteiger partial charge in [0.25, 0.3) is 0 Å². The molecule has 4 nitrogen and oxygen atoms in total. The van der Waals surface area contributed by atoms with E-state index in [4.69, 9.17) is 15.9 Å². The second-order valence-electron chi connectivity index (χ2n) is 5.47. The van der Waals surface area contributed by atoms with Crippen LogP contribution in [0.2, 0.25) is 0 Å². The highest BCUT2D eigenvalue weighted by atomic mass is 16.5. The highest BCUT2D eigenvalue weighted by molar-refractivity contribution is 5.87. The second-order valence-corrected chi connectivity index (χ2v) is 5.47. The van der Waals surface area contributed by atoms with Gasteiger partial charge in [0.15, 0.2) is 0 Å². The summed E-state index contributed by atoms with van der Waals surface area (Å²) in [5, 5.41) is 0. The van der Waals surface area contributed by atoms with Gasteiger partial charge in [0, 0.05) is 12.8 Å². The SMILES string of the molecule is C#CCC(C)OC(=O)c1cccc(C2C#CC/C=C(OCC)\C=C/2)n1. The molecule has 1 aromatic rings. The summed E-state index contributed by atoms with van der Waals surface area (Å²) in [7, 11) is 0. The Morgan fingerprint density at radius 3 is 3.12 bits per heavy atom. The van der Waals surface area contributed by atoms with Gasteiger partial charge < -0.3 is 9.47 Å². The van der Waals surface area contributed by atoms with Crippen molar-refractivity contribution < 1.29 is 14.3 Å². The number of hydrogen-bond donors (Lipinski definition) is 0. The maximum absolute atomic E-state index is 12.2. The van der Waals surface area contributed by atoms with Crippen LogP contribution in [-0.4, -0.2) is 23.7 Å². The first-order valence-corrected chi connectivity index (χ1v) is 8.25. The van der Waals surface area contributed by atoms with Gasteiger partial charge in [-0.25, -0.2) is 9.78 Å². The van der Waals surface area contributed by atoms with Crippen LogP contribution in [0.3, 0.4) is 0 Å². The number of ether oxygens (including phenoxy) is 2. The molecule has 0 saturated heterocycles. The summed E-state index contributed by atoms with van der Waals surface area (Å²) in [6, 6.07) is 5.25. The van der Waals surface area contributed by atoms with Crippen molar-refractivity contribution in [2.45, 2.75) is 38.7 Å². The number of carbonyl (C=O) groups excluding carboxylic acids is 1. The van der Waals surface area contributed by atoms with Crippen molar-refractivity contribution in [3.8, 4) is 24.2 Å². The van der Waals surface area contributed by atoms with Gasteiger partial charge in [0.05, 0.1) is 18.2 Å². The average Bonchev–Trinajstić information content (AvgIpc) is 2.58. The summed E-state index contributed by atoms with van der Waals surface area (Å²) in [4.78, 5) is 16.6. The highest BCUT2D eigenvalue weighted by Gasteiger charge is 2.15. The maximum atomic E-state index is 12.2. The molecule has 0 saturated carbocycles. The maximum Gasteiger partial charge on any atom is 0.357 e. The van der Waals surface area contributed by atoms with Gasteiger partial charge >= 0.3 is 5.97 Å². The van der Waals surface area contributed by atoms with E-state index in [1.807, 2.05) is 31.2 Å². The van der Waals surface area contributed by atoms with Gasteiger partial charge in [-0.1, -0.05) is 24.0 Å². The lowest BCUT2D eigenvalue weighted by atomic mass is 10.0. The van der Waals surface area contributed by atoms with Crippen LogP contribution in [0.15, 0.2) is 42.2 Å². The lowest BCUT2D eigenvalue weighted by Crippen LogP contribution is -2.16. The molecule has 4 heteroatoms. The van der Waals surface area contributed by atoms with E-state index in [-0.39, 0.29) is 17.7 Å². The number of allylic oxidation sites excluding steroid dienone is 3. The summed E-state index contributed by atoms with van der Waals surface area (Å²) in [5.74, 6) is 8.81. The number of terminal acetylenes is 1. The van der Waals surface area contributed by atoms with Crippen molar-refractivity contribution in [1.29, 1.82) is 0 Å². The Morgan fingerprint density at radius 2 is 2.36 bits per heavy atom. The third kappa shape index (κ3) is 5.55. The quantitative estimate of drug-likeness (QED) is 0.588. The molecule has 0 N–H and O–H groups in total. The van der Waals surface area contributed by atoms with Crippen LogP contribution in [0, 0.1) is 24.2 Å². The van der Waals surface area contributed by atoms with Gasteiger partial charge in [0.1, 0.15) is 17.6 Å². The molecule has 0 bridgehead atoms. The van der Waals surface area contributed by atoms with Gasteiger partial charge in [-0.15, -0.1) is 12.3 Å². The Bertz CT molecular complexity index is 774. The Balaban J connectivity index is 2.17. The number of pyridine rings is 1. The van der Waals surface area contributed by atoms with E-state index < -0.39 is 5.97 Å². The zero-order chi connectivity index (χ0) is 18.1. The third-order valence-electron chi connectivity index (χ3n) is 3.44. The monoisotopic (exact) mass is 335 g/mol. The second kappa shape index (κ2) is 9.35. The molecule has 0 radical (unpaired) electrons. The van der Waals surface area contributed by atoms with Gasteiger partial charge in [-0.05, 0) is 38.1 Å². The van der Waals surface area contributed by atoms with Gasteiger partial charge in [-0.2, -0.15) is 0 Å². The molecule has 0 aliphatic heterocycles. The molecule has 0 spiro atoms. The molecule has 25 heavy (non-hydrogen) atoms. The van der Waals surface area contributed by atoms with Crippen LogP contribution in [0.5, 0.6) is 0 Å². The summed E-state index contributed by atoms with van der Waals surface area (Å²) >= 11 is 0. The lowest BCUT2D eigenvalue weighted by Gasteiger charge is -2.12. The fourth-order valence-corrected chi connectivity index (χ4v) is 2.26. The number of hydrogen-bond acceptors (Lipinski definition) is 4. The van der Waals surface area contributed by atoms with Crippen LogP contribution < -0.4 is 0 Å². The van der Waals surface area contributed by atoms with Crippen molar-refractivity contribution in [1.82, 2.24) is 4.98 Å². The van der Waals surface area contributed by atoms with Crippen LogP contribution in [-0.2, 0) is 9.47 Å². The Morgan fingerprint density at radius 1 is 1.52 bits per heavy atom. The van der Waals surface area contributed by atoms with Crippen molar-refractivity contribution in [3.63, 3.8) is 0 Å². The largest absolute Gasteiger partial charge is 0.494 e. The van der Waals surface area contributed by atoms with Crippen molar-refractivity contribution in [2.75, 3.05) is 6.61 Å². The summed E-state index contributed by atoms with van der Waals surface area (Å²) < 4.78 is 10.8. The first kappa shape index (κ1) is 18.4. The molecule has 2 atom stereocenters. The number of nitrogens with zero attached hydrogens (tertiary/aromatic N) is 1. The molecule has 0 aromatic carbocycles. The molecule has 0 fully saturated rings. The van der Waals surface area contributed by atoms with Crippen LogP contribution in [0.25, 0.3) is 0 Å². The molecule has 1 aliphatic rings. The molecule has 1 aliphatic carbocycles. The van der Waals surface area contributed by atoms with Gasteiger partial charge in [-0.3, -0.25) is 0 Å². The van der Waals surface area contributed by atoms with E-state index in [1.54, 1.807) is 19.1 Å². The normalized spacial score (nSPS) is 20.4. The minimum Gasteiger partial charge on any atom is -0.494 e. The van der Waals surface area contributed by atoms with E-state index in [0.717, 1.165) is 5.76 Å². The fourth-order valence-electron chi connectivity index (χ4n) is 2.26. The molecular weight excluding hydrogens is 314 g/mol. The Kier molecular flexibility index (Phi) is 6.87. The standard InChI is InChI=1S/C21H21NO3/c1-4-9-16(3)25-21(23)20-13-8-12-19(22-20)17-10-6-7-11-18(15-14-17)24-5-2/h1,8,11-17H,5,7,9H2,2-3H3/b15-14-,18-11+. The van der Waals surface area contributed by atoms with Crippen LogP contribution in [0.1, 0.15) is 48.8 Å². The van der Waals surface area contributed by atoms with Crippen molar-refractivity contribution in [3.05, 3.63) is 53.6 Å². The molecule has 1 heterocycles. The lowest BCUT2D eigenvalue weighted by molar-refractivity contribution is 0.0345. The fraction of sp³-hybridized carbons (Fsp3) is 0.333. The van der Waals surface area contributed by atoms with Crippen LogP contribution >= 0.6 is 0 Å². The van der Waals surface area contributed by atoms with E-state index in [0.29, 0.717) is 25.1 Å². The molecule has 2 unspecified atom stereocenters. The molecule has 128 valence electrons. The molecule has 1 aromatic heterocycles.